The topological polar surface area (TPSA) is 55.1 Å². The molecule has 2 unspecified atom stereocenters. The molecule has 0 saturated heterocycles. The Kier molecular flexibility index (Phi) is 7.33. The number of carbonyl (C=O) groups is 1. The molecule has 0 aliphatic heterocycles. The van der Waals surface area contributed by atoms with E-state index < -0.39 is 0 Å². The molecule has 1 fully saturated rings. The molecule has 1 amide bonds. The lowest BCUT2D eigenvalue weighted by Crippen LogP contribution is -2.36. The predicted molar refractivity (Wildman–Crippen MR) is 76.2 cm³/mol. The first-order chi connectivity index (χ1) is 8.72. The third-order valence-electron chi connectivity index (χ3n) is 4.30. The summed E-state index contributed by atoms with van der Waals surface area (Å²) in [5, 5.41) is 3.16. The molecule has 3 nitrogen and oxygen atoms in total. The van der Waals surface area contributed by atoms with Crippen molar-refractivity contribution in [3.63, 3.8) is 0 Å². The van der Waals surface area contributed by atoms with Crippen molar-refractivity contribution in [1.29, 1.82) is 0 Å². The van der Waals surface area contributed by atoms with E-state index in [1.165, 1.54) is 19.3 Å². The molecule has 0 heterocycles. The molecule has 18 heavy (non-hydrogen) atoms. The van der Waals surface area contributed by atoms with Crippen molar-refractivity contribution in [2.45, 2.75) is 58.8 Å². The molecule has 0 bridgehead atoms. The smallest absolute Gasteiger partial charge is 0.223 e. The molecule has 1 rings (SSSR count). The first-order valence-corrected chi connectivity index (χ1v) is 7.70. The second-order valence-electron chi connectivity index (χ2n) is 5.71. The Balaban J connectivity index is 2.34. The summed E-state index contributed by atoms with van der Waals surface area (Å²) in [6, 6.07) is 0. The van der Waals surface area contributed by atoms with Gasteiger partial charge in [0.2, 0.25) is 5.91 Å². The monoisotopic (exact) mass is 254 g/mol. The molecule has 0 radical (unpaired) electrons. The van der Waals surface area contributed by atoms with Crippen LogP contribution in [0.5, 0.6) is 0 Å². The van der Waals surface area contributed by atoms with Gasteiger partial charge in [-0.2, -0.15) is 0 Å². The van der Waals surface area contributed by atoms with Gasteiger partial charge < -0.3 is 11.1 Å². The van der Waals surface area contributed by atoms with E-state index >= 15 is 0 Å². The summed E-state index contributed by atoms with van der Waals surface area (Å²) in [7, 11) is 0. The van der Waals surface area contributed by atoms with Gasteiger partial charge >= 0.3 is 0 Å². The molecule has 0 aromatic rings. The maximum atomic E-state index is 12.1. The molecule has 0 spiro atoms. The summed E-state index contributed by atoms with van der Waals surface area (Å²) in [5.74, 6) is 1.73. The van der Waals surface area contributed by atoms with Gasteiger partial charge in [0.15, 0.2) is 0 Å². The lowest BCUT2D eigenvalue weighted by atomic mass is 9.94. The fraction of sp³-hybridized carbons (Fsp3) is 0.933. The maximum absolute atomic E-state index is 12.1. The average Bonchev–Trinajstić information content (AvgIpc) is 2.83. The van der Waals surface area contributed by atoms with Crippen LogP contribution in [-0.2, 0) is 4.79 Å². The number of nitrogens with one attached hydrogen (secondary N) is 1. The maximum Gasteiger partial charge on any atom is 0.223 e. The van der Waals surface area contributed by atoms with Crippen molar-refractivity contribution in [2.24, 2.45) is 23.5 Å². The molecule has 2 atom stereocenters. The van der Waals surface area contributed by atoms with Crippen molar-refractivity contribution in [1.82, 2.24) is 5.32 Å². The van der Waals surface area contributed by atoms with E-state index in [9.17, 15) is 4.79 Å². The minimum Gasteiger partial charge on any atom is -0.356 e. The van der Waals surface area contributed by atoms with Crippen LogP contribution in [0.4, 0.5) is 0 Å². The van der Waals surface area contributed by atoms with E-state index in [1.54, 1.807) is 0 Å². The Hall–Kier alpha value is -0.570. The Bertz CT molecular complexity index is 237. The van der Waals surface area contributed by atoms with E-state index in [2.05, 4.69) is 19.2 Å². The fourth-order valence-corrected chi connectivity index (χ4v) is 3.17. The number of amides is 1. The number of carbonyl (C=O) groups excluding carboxylic acids is 1. The van der Waals surface area contributed by atoms with Gasteiger partial charge in [0.05, 0.1) is 0 Å². The van der Waals surface area contributed by atoms with Crippen LogP contribution in [0.25, 0.3) is 0 Å². The van der Waals surface area contributed by atoms with Gasteiger partial charge in [0, 0.05) is 12.5 Å². The van der Waals surface area contributed by atoms with Crippen LogP contribution in [-0.4, -0.2) is 19.0 Å². The predicted octanol–water partition coefficient (Wildman–Crippen LogP) is 2.69. The molecule has 1 aliphatic rings. The zero-order chi connectivity index (χ0) is 13.4. The molecule has 0 aromatic carbocycles. The van der Waals surface area contributed by atoms with Crippen LogP contribution in [0.2, 0.25) is 0 Å². The highest BCUT2D eigenvalue weighted by molar-refractivity contribution is 5.78. The minimum absolute atomic E-state index is 0.220. The van der Waals surface area contributed by atoms with Crippen LogP contribution in [0, 0.1) is 17.8 Å². The zero-order valence-electron chi connectivity index (χ0n) is 12.1. The SMILES string of the molecule is CCCC(CCC)C(=O)NCC1CCCC1CN. The quantitative estimate of drug-likeness (QED) is 0.699. The van der Waals surface area contributed by atoms with Gasteiger partial charge in [0.25, 0.3) is 0 Å². The third-order valence-corrected chi connectivity index (χ3v) is 4.30. The molecule has 3 heteroatoms. The average molecular weight is 254 g/mol. The molecule has 106 valence electrons. The Morgan fingerprint density at radius 1 is 1.22 bits per heavy atom. The second kappa shape index (κ2) is 8.52. The van der Waals surface area contributed by atoms with Gasteiger partial charge in [-0.3, -0.25) is 4.79 Å². The first-order valence-electron chi connectivity index (χ1n) is 7.70. The van der Waals surface area contributed by atoms with Crippen molar-refractivity contribution in [3.05, 3.63) is 0 Å². The van der Waals surface area contributed by atoms with Crippen LogP contribution in [0.1, 0.15) is 58.8 Å². The fourth-order valence-electron chi connectivity index (χ4n) is 3.17. The van der Waals surface area contributed by atoms with Crippen LogP contribution in [0.3, 0.4) is 0 Å². The minimum atomic E-state index is 0.220. The molecule has 0 aromatic heterocycles. The van der Waals surface area contributed by atoms with Crippen LogP contribution >= 0.6 is 0 Å². The lowest BCUT2D eigenvalue weighted by Gasteiger charge is -2.21. The van der Waals surface area contributed by atoms with E-state index in [0.717, 1.165) is 38.8 Å². The van der Waals surface area contributed by atoms with E-state index in [-0.39, 0.29) is 11.8 Å². The Morgan fingerprint density at radius 2 is 1.83 bits per heavy atom. The summed E-state index contributed by atoms with van der Waals surface area (Å²) >= 11 is 0. The largest absolute Gasteiger partial charge is 0.356 e. The molecule has 3 N–H and O–H groups in total. The molecular weight excluding hydrogens is 224 g/mol. The van der Waals surface area contributed by atoms with Gasteiger partial charge in [0.1, 0.15) is 0 Å². The van der Waals surface area contributed by atoms with Crippen LogP contribution < -0.4 is 11.1 Å². The summed E-state index contributed by atoms with van der Waals surface area (Å²) < 4.78 is 0. The molecule has 1 aliphatic carbocycles. The standard InChI is InChI=1S/C15H30N2O/c1-3-6-12(7-4-2)15(18)17-11-14-9-5-8-13(14)10-16/h12-14H,3-11,16H2,1-2H3,(H,17,18). The zero-order valence-corrected chi connectivity index (χ0v) is 12.1. The highest BCUT2D eigenvalue weighted by Gasteiger charge is 2.27. The Morgan fingerprint density at radius 3 is 2.39 bits per heavy atom. The van der Waals surface area contributed by atoms with Crippen LogP contribution in [0.15, 0.2) is 0 Å². The first kappa shape index (κ1) is 15.5. The van der Waals surface area contributed by atoms with Gasteiger partial charge in [-0.15, -0.1) is 0 Å². The van der Waals surface area contributed by atoms with E-state index in [4.69, 9.17) is 5.73 Å². The number of hydrogen-bond acceptors (Lipinski definition) is 2. The summed E-state index contributed by atoms with van der Waals surface area (Å²) in [4.78, 5) is 12.1. The van der Waals surface area contributed by atoms with Crippen molar-refractivity contribution >= 4 is 5.91 Å². The van der Waals surface area contributed by atoms with Crippen molar-refractivity contribution < 1.29 is 4.79 Å². The molecular formula is C15H30N2O. The number of rotatable bonds is 8. The van der Waals surface area contributed by atoms with E-state index in [1.807, 2.05) is 0 Å². The number of nitrogens with two attached hydrogens (primary N) is 1. The highest BCUT2D eigenvalue weighted by Crippen LogP contribution is 2.30. The lowest BCUT2D eigenvalue weighted by molar-refractivity contribution is -0.125. The molecule has 1 saturated carbocycles. The van der Waals surface area contributed by atoms with E-state index in [0.29, 0.717) is 11.8 Å². The summed E-state index contributed by atoms with van der Waals surface area (Å²) in [6.45, 7) is 5.91. The third kappa shape index (κ3) is 4.60. The number of hydrogen-bond donors (Lipinski definition) is 2. The van der Waals surface area contributed by atoms with Gasteiger partial charge in [-0.05, 0) is 44.1 Å². The highest BCUT2D eigenvalue weighted by atomic mass is 16.1. The van der Waals surface area contributed by atoms with Gasteiger partial charge in [-0.1, -0.05) is 33.1 Å². The second-order valence-corrected chi connectivity index (χ2v) is 5.71. The van der Waals surface area contributed by atoms with Gasteiger partial charge in [-0.25, -0.2) is 0 Å². The summed E-state index contributed by atoms with van der Waals surface area (Å²) in [6.07, 6.45) is 7.96. The Labute approximate surface area is 112 Å². The normalized spacial score (nSPS) is 23.6. The van der Waals surface area contributed by atoms with Crippen molar-refractivity contribution in [3.8, 4) is 0 Å². The van der Waals surface area contributed by atoms with Crippen molar-refractivity contribution in [2.75, 3.05) is 13.1 Å². The summed E-state index contributed by atoms with van der Waals surface area (Å²) in [5.41, 5.74) is 5.77.